The van der Waals surface area contributed by atoms with Crippen molar-refractivity contribution in [2.75, 3.05) is 24.9 Å². The van der Waals surface area contributed by atoms with Crippen molar-refractivity contribution >= 4 is 39.5 Å². The highest BCUT2D eigenvalue weighted by molar-refractivity contribution is 7.15. The van der Waals surface area contributed by atoms with E-state index in [0.717, 1.165) is 17.0 Å². The largest absolute Gasteiger partial charge is 0.497 e. The van der Waals surface area contributed by atoms with Gasteiger partial charge in [-0.2, -0.15) is 0 Å². The highest BCUT2D eigenvalue weighted by atomic mass is 32.1. The molecule has 4 rings (SSSR count). The van der Waals surface area contributed by atoms with Gasteiger partial charge in [0.05, 0.1) is 25.6 Å². The van der Waals surface area contributed by atoms with E-state index in [1.54, 1.807) is 35.1 Å². The molecule has 2 heterocycles. The summed E-state index contributed by atoms with van der Waals surface area (Å²) in [5.41, 5.74) is 3.14. The van der Waals surface area contributed by atoms with Gasteiger partial charge in [-0.3, -0.25) is 14.0 Å². The van der Waals surface area contributed by atoms with Crippen molar-refractivity contribution in [2.45, 2.75) is 6.92 Å². The number of aromatic nitrogens is 2. The molecule has 8 nitrogen and oxygen atoms in total. The van der Waals surface area contributed by atoms with Gasteiger partial charge in [-0.1, -0.05) is 0 Å². The average molecular weight is 436 g/mol. The van der Waals surface area contributed by atoms with Crippen LogP contribution in [0.15, 0.2) is 54.0 Å². The van der Waals surface area contributed by atoms with Crippen LogP contribution in [0.5, 0.6) is 11.5 Å². The minimum Gasteiger partial charge on any atom is -0.497 e. The minimum absolute atomic E-state index is 0.202. The molecule has 0 radical (unpaired) electrons. The number of carbonyl (C=O) groups excluding carboxylic acids is 2. The second kappa shape index (κ2) is 8.49. The summed E-state index contributed by atoms with van der Waals surface area (Å²) in [5.74, 6) is 0.730. The van der Waals surface area contributed by atoms with Crippen LogP contribution < -0.4 is 20.1 Å². The molecule has 0 aliphatic rings. The number of hydrogen-bond donors (Lipinski definition) is 2. The molecule has 158 valence electrons. The van der Waals surface area contributed by atoms with Crippen molar-refractivity contribution in [3.63, 3.8) is 0 Å². The fraction of sp³-hybridized carbons (Fsp3) is 0.136. The van der Waals surface area contributed by atoms with Gasteiger partial charge in [0.2, 0.25) is 5.91 Å². The number of imidazole rings is 1. The standard InChI is InChI=1S/C22H20N4O4S/c1-13(27)23-15-6-9-20(30-3)17(10-15)24-21(28)19-12-31-22-25-18(11-26(19)22)14-4-7-16(29-2)8-5-14/h4-12H,1-3H3,(H,23,27)(H,24,28). The Morgan fingerprint density at radius 3 is 2.48 bits per heavy atom. The van der Waals surface area contributed by atoms with Gasteiger partial charge in [-0.15, -0.1) is 11.3 Å². The molecule has 4 aromatic rings. The normalized spacial score (nSPS) is 10.7. The number of anilines is 2. The molecule has 0 aliphatic carbocycles. The van der Waals surface area contributed by atoms with Gasteiger partial charge in [-0.05, 0) is 42.5 Å². The number of methoxy groups -OCH3 is 2. The predicted octanol–water partition coefficient (Wildman–Crippen LogP) is 4.29. The maximum Gasteiger partial charge on any atom is 0.273 e. The minimum atomic E-state index is -0.316. The number of benzene rings is 2. The summed E-state index contributed by atoms with van der Waals surface area (Å²) in [6.45, 7) is 1.42. The summed E-state index contributed by atoms with van der Waals surface area (Å²) >= 11 is 1.38. The average Bonchev–Trinajstić information content (AvgIpc) is 3.34. The first kappa shape index (κ1) is 20.4. The van der Waals surface area contributed by atoms with Crippen molar-refractivity contribution < 1.29 is 19.1 Å². The molecule has 2 aromatic heterocycles. The SMILES string of the molecule is COc1ccc(-c2cn3c(C(=O)Nc4cc(NC(C)=O)ccc4OC)csc3n2)cc1. The third-order valence-corrected chi connectivity index (χ3v) is 5.44. The fourth-order valence-electron chi connectivity index (χ4n) is 3.12. The van der Waals surface area contributed by atoms with E-state index in [9.17, 15) is 9.59 Å². The summed E-state index contributed by atoms with van der Waals surface area (Å²) < 4.78 is 12.3. The van der Waals surface area contributed by atoms with E-state index in [1.807, 2.05) is 30.5 Å². The van der Waals surface area contributed by atoms with Crippen LogP contribution in [0.25, 0.3) is 16.2 Å². The van der Waals surface area contributed by atoms with Gasteiger partial charge < -0.3 is 20.1 Å². The number of ether oxygens (including phenoxy) is 2. The Bertz CT molecular complexity index is 1260. The third kappa shape index (κ3) is 4.22. The van der Waals surface area contributed by atoms with Crippen molar-refractivity contribution in [1.82, 2.24) is 9.38 Å². The zero-order valence-electron chi connectivity index (χ0n) is 17.1. The second-order valence-corrected chi connectivity index (χ2v) is 7.52. The molecule has 0 spiro atoms. The maximum absolute atomic E-state index is 13.0. The first-order valence-corrected chi connectivity index (χ1v) is 10.2. The molecule has 0 aliphatic heterocycles. The summed E-state index contributed by atoms with van der Waals surface area (Å²) in [7, 11) is 3.14. The number of amides is 2. The molecule has 2 N–H and O–H groups in total. The predicted molar refractivity (Wildman–Crippen MR) is 120 cm³/mol. The Kier molecular flexibility index (Phi) is 5.59. The van der Waals surface area contributed by atoms with Gasteiger partial charge in [0, 0.05) is 29.8 Å². The van der Waals surface area contributed by atoms with Crippen molar-refractivity contribution in [3.05, 3.63) is 59.7 Å². The lowest BCUT2D eigenvalue weighted by Gasteiger charge is -2.12. The van der Waals surface area contributed by atoms with Crippen molar-refractivity contribution in [2.24, 2.45) is 0 Å². The van der Waals surface area contributed by atoms with Crippen LogP contribution in [-0.4, -0.2) is 35.4 Å². The van der Waals surface area contributed by atoms with Gasteiger partial charge in [0.25, 0.3) is 5.91 Å². The number of carbonyl (C=O) groups is 2. The van der Waals surface area contributed by atoms with E-state index in [0.29, 0.717) is 27.8 Å². The molecular formula is C22H20N4O4S. The van der Waals surface area contributed by atoms with Gasteiger partial charge >= 0.3 is 0 Å². The Balaban J connectivity index is 1.62. The number of nitrogens with zero attached hydrogens (tertiary/aromatic N) is 2. The van der Waals surface area contributed by atoms with Crippen LogP contribution in [0.1, 0.15) is 17.4 Å². The molecule has 31 heavy (non-hydrogen) atoms. The van der Waals surface area contributed by atoms with Gasteiger partial charge in [-0.25, -0.2) is 4.98 Å². The number of rotatable bonds is 6. The van der Waals surface area contributed by atoms with Crippen molar-refractivity contribution in [3.8, 4) is 22.8 Å². The van der Waals surface area contributed by atoms with Crippen LogP contribution in [-0.2, 0) is 4.79 Å². The Morgan fingerprint density at radius 2 is 1.81 bits per heavy atom. The molecule has 0 fully saturated rings. The maximum atomic E-state index is 13.0. The molecule has 2 amide bonds. The quantitative estimate of drug-likeness (QED) is 0.470. The highest BCUT2D eigenvalue weighted by Crippen LogP contribution is 2.30. The summed E-state index contributed by atoms with van der Waals surface area (Å²) in [6.07, 6.45) is 1.83. The number of nitrogens with one attached hydrogen (secondary N) is 2. The highest BCUT2D eigenvalue weighted by Gasteiger charge is 2.17. The van der Waals surface area contributed by atoms with Crippen molar-refractivity contribution in [1.29, 1.82) is 0 Å². The zero-order valence-corrected chi connectivity index (χ0v) is 17.9. The molecule has 0 unspecified atom stereocenters. The molecule has 0 saturated carbocycles. The monoisotopic (exact) mass is 436 g/mol. The first-order valence-electron chi connectivity index (χ1n) is 9.36. The van der Waals surface area contributed by atoms with E-state index in [2.05, 4.69) is 15.6 Å². The lowest BCUT2D eigenvalue weighted by atomic mass is 10.2. The molecular weight excluding hydrogens is 416 g/mol. The topological polar surface area (TPSA) is 94.0 Å². The number of hydrogen-bond acceptors (Lipinski definition) is 6. The molecule has 2 aromatic carbocycles. The second-order valence-electron chi connectivity index (χ2n) is 6.68. The fourth-order valence-corrected chi connectivity index (χ4v) is 3.97. The lowest BCUT2D eigenvalue weighted by molar-refractivity contribution is -0.114. The summed E-state index contributed by atoms with van der Waals surface area (Å²) in [4.78, 5) is 29.7. The Labute approximate surface area is 182 Å². The van der Waals surface area contributed by atoms with E-state index in [-0.39, 0.29) is 11.8 Å². The Morgan fingerprint density at radius 1 is 1.03 bits per heavy atom. The zero-order chi connectivity index (χ0) is 22.0. The van der Waals surface area contributed by atoms with Gasteiger partial charge in [0.1, 0.15) is 17.2 Å². The smallest absolute Gasteiger partial charge is 0.273 e. The van der Waals surface area contributed by atoms with Crippen LogP contribution in [0.4, 0.5) is 11.4 Å². The number of fused-ring (bicyclic) bond motifs is 1. The van der Waals surface area contributed by atoms with Crippen LogP contribution in [0.2, 0.25) is 0 Å². The third-order valence-electron chi connectivity index (χ3n) is 4.60. The molecule has 0 saturated heterocycles. The van der Waals surface area contributed by atoms with E-state index in [1.165, 1.54) is 25.4 Å². The molecule has 9 heteroatoms. The molecule has 0 atom stereocenters. The van der Waals surface area contributed by atoms with Crippen LogP contribution in [0, 0.1) is 0 Å². The lowest BCUT2D eigenvalue weighted by Crippen LogP contribution is -2.15. The molecule has 0 bridgehead atoms. The van der Waals surface area contributed by atoms with E-state index in [4.69, 9.17) is 9.47 Å². The Hall–Kier alpha value is -3.85. The summed E-state index contributed by atoms with van der Waals surface area (Å²) in [5, 5.41) is 7.31. The number of thiazole rings is 1. The van der Waals surface area contributed by atoms with Crippen LogP contribution in [0.3, 0.4) is 0 Å². The van der Waals surface area contributed by atoms with E-state index < -0.39 is 0 Å². The summed E-state index contributed by atoms with van der Waals surface area (Å²) in [6, 6.07) is 12.6. The van der Waals surface area contributed by atoms with Crippen LogP contribution >= 0.6 is 11.3 Å². The first-order chi connectivity index (χ1) is 15.0. The van der Waals surface area contributed by atoms with Gasteiger partial charge in [0.15, 0.2) is 4.96 Å². The van der Waals surface area contributed by atoms with E-state index >= 15 is 0 Å².